The van der Waals surface area contributed by atoms with Gasteiger partial charge in [-0.15, -0.1) is 0 Å². The Kier molecular flexibility index (Phi) is 5.72. The second-order valence-corrected chi connectivity index (χ2v) is 8.37. The molecule has 29 heavy (non-hydrogen) atoms. The van der Waals surface area contributed by atoms with Gasteiger partial charge in [0.15, 0.2) is 6.10 Å². The largest absolute Gasteiger partial charge is 0.479 e. The lowest BCUT2D eigenvalue weighted by Gasteiger charge is -2.34. The molecule has 2 aromatic rings. The van der Waals surface area contributed by atoms with E-state index in [-0.39, 0.29) is 33.6 Å². The lowest BCUT2D eigenvalue weighted by atomic mass is 10.2. The number of nitrogens with zero attached hydrogens (tertiary/aromatic N) is 2. The van der Waals surface area contributed by atoms with Gasteiger partial charge >= 0.3 is 12.0 Å². The molecule has 154 valence electrons. The normalized spacial score (nSPS) is 16.2. The van der Waals surface area contributed by atoms with E-state index in [1.165, 1.54) is 49.2 Å². The summed E-state index contributed by atoms with van der Waals surface area (Å²) >= 11 is 6.12. The smallest absolute Gasteiger partial charge is 0.347 e. The molecule has 0 fully saturated rings. The monoisotopic (exact) mass is 438 g/mol. The average Bonchev–Trinajstić information content (AvgIpc) is 2.68. The Balaban J connectivity index is 2.02. The Hall–Kier alpha value is -2.78. The van der Waals surface area contributed by atoms with Gasteiger partial charge in [-0.1, -0.05) is 23.7 Å². The highest BCUT2D eigenvalue weighted by Gasteiger charge is 2.42. The molecule has 3 rings (SSSR count). The SMILES string of the molecule is CCOC(=O)C(C)Oc1ccc2c(c1)N(C)C(=O)N(c1ccccc1Cl)S2(=O)=O. The van der Waals surface area contributed by atoms with Gasteiger partial charge in [-0.2, -0.15) is 4.31 Å². The number of carbonyl (C=O) groups is 2. The van der Waals surface area contributed by atoms with Gasteiger partial charge in [0.05, 0.1) is 23.0 Å². The van der Waals surface area contributed by atoms with E-state index in [1.807, 2.05) is 0 Å². The third-order valence-corrected chi connectivity index (χ3v) is 6.33. The molecule has 0 spiro atoms. The van der Waals surface area contributed by atoms with Crippen LogP contribution in [0.1, 0.15) is 13.8 Å². The first kappa shape index (κ1) is 20.9. The lowest BCUT2D eigenvalue weighted by molar-refractivity contribution is -0.150. The van der Waals surface area contributed by atoms with E-state index < -0.39 is 28.1 Å². The van der Waals surface area contributed by atoms with Crippen LogP contribution in [-0.4, -0.2) is 40.2 Å². The van der Waals surface area contributed by atoms with Crippen molar-refractivity contribution in [3.05, 3.63) is 47.5 Å². The fourth-order valence-corrected chi connectivity index (χ4v) is 4.77. The predicted molar refractivity (Wildman–Crippen MR) is 108 cm³/mol. The molecule has 0 aromatic heterocycles. The van der Waals surface area contributed by atoms with Crippen molar-refractivity contribution >= 4 is 45.0 Å². The number of urea groups is 1. The van der Waals surface area contributed by atoms with Crippen molar-refractivity contribution in [2.24, 2.45) is 0 Å². The van der Waals surface area contributed by atoms with Gasteiger partial charge in [0, 0.05) is 13.1 Å². The van der Waals surface area contributed by atoms with E-state index in [9.17, 15) is 18.0 Å². The van der Waals surface area contributed by atoms with Crippen molar-refractivity contribution < 1.29 is 27.5 Å². The van der Waals surface area contributed by atoms with Crippen LogP contribution in [0.15, 0.2) is 47.4 Å². The molecular weight excluding hydrogens is 420 g/mol. The molecule has 0 radical (unpaired) electrons. The number of para-hydroxylation sites is 1. The van der Waals surface area contributed by atoms with Crippen molar-refractivity contribution in [3.63, 3.8) is 0 Å². The van der Waals surface area contributed by atoms with Crippen LogP contribution < -0.4 is 13.9 Å². The van der Waals surface area contributed by atoms with E-state index in [0.717, 1.165) is 0 Å². The summed E-state index contributed by atoms with van der Waals surface area (Å²) in [5.41, 5.74) is 0.194. The van der Waals surface area contributed by atoms with Crippen LogP contribution in [-0.2, 0) is 19.6 Å². The van der Waals surface area contributed by atoms with E-state index >= 15 is 0 Å². The standard InChI is InChI=1S/C19H19ClN2O6S/c1-4-27-18(23)12(2)28-13-9-10-17-16(11-13)21(3)19(24)22(29(17,25)26)15-8-6-5-7-14(15)20/h5-12H,4H2,1-3H3. The molecule has 1 heterocycles. The maximum atomic E-state index is 13.1. The molecular formula is C19H19ClN2O6S. The maximum absolute atomic E-state index is 13.1. The molecule has 0 bridgehead atoms. The Labute approximate surface area is 173 Å². The highest BCUT2D eigenvalue weighted by atomic mass is 35.5. The van der Waals surface area contributed by atoms with E-state index in [2.05, 4.69) is 0 Å². The molecule has 1 unspecified atom stereocenters. The molecule has 1 atom stereocenters. The Morgan fingerprint density at radius 2 is 1.86 bits per heavy atom. The number of sulfonamides is 1. The lowest BCUT2D eigenvalue weighted by Crippen LogP contribution is -2.49. The Morgan fingerprint density at radius 3 is 2.52 bits per heavy atom. The molecule has 1 aliphatic rings. The van der Waals surface area contributed by atoms with E-state index in [4.69, 9.17) is 21.1 Å². The molecule has 10 heteroatoms. The van der Waals surface area contributed by atoms with Crippen molar-refractivity contribution in [1.82, 2.24) is 0 Å². The number of esters is 1. The fraction of sp³-hybridized carbons (Fsp3) is 0.263. The van der Waals surface area contributed by atoms with Gasteiger partial charge in [-0.25, -0.2) is 18.0 Å². The van der Waals surface area contributed by atoms with Gasteiger partial charge in [0.1, 0.15) is 10.6 Å². The summed E-state index contributed by atoms with van der Waals surface area (Å²) in [5.74, 6) is -0.322. The van der Waals surface area contributed by atoms with Crippen LogP contribution in [0.25, 0.3) is 0 Å². The summed E-state index contributed by atoms with van der Waals surface area (Å²) < 4.78 is 37.4. The van der Waals surface area contributed by atoms with Crippen LogP contribution >= 0.6 is 11.6 Å². The quantitative estimate of drug-likeness (QED) is 0.664. The topological polar surface area (TPSA) is 93.2 Å². The van der Waals surface area contributed by atoms with E-state index in [1.54, 1.807) is 19.1 Å². The Morgan fingerprint density at radius 1 is 1.17 bits per heavy atom. The minimum atomic E-state index is -4.20. The zero-order valence-corrected chi connectivity index (χ0v) is 17.5. The van der Waals surface area contributed by atoms with Crippen LogP contribution in [0.3, 0.4) is 0 Å². The summed E-state index contributed by atoms with van der Waals surface area (Å²) in [6.45, 7) is 3.41. The summed E-state index contributed by atoms with van der Waals surface area (Å²) in [5, 5.41) is 0.129. The number of halogens is 1. The first-order chi connectivity index (χ1) is 13.7. The number of carbonyl (C=O) groups excluding carboxylic acids is 2. The van der Waals surface area contributed by atoms with Crippen molar-refractivity contribution in [1.29, 1.82) is 0 Å². The number of amides is 2. The summed E-state index contributed by atoms with van der Waals surface area (Å²) in [6, 6.07) is 9.53. The molecule has 0 N–H and O–H groups in total. The molecule has 2 aromatic carbocycles. The third-order valence-electron chi connectivity index (χ3n) is 4.27. The summed E-state index contributed by atoms with van der Waals surface area (Å²) in [4.78, 5) is 25.7. The molecule has 0 aliphatic carbocycles. The highest BCUT2D eigenvalue weighted by Crippen LogP contribution is 2.40. The maximum Gasteiger partial charge on any atom is 0.347 e. The molecule has 0 saturated carbocycles. The number of hydrogen-bond acceptors (Lipinski definition) is 6. The highest BCUT2D eigenvalue weighted by molar-refractivity contribution is 7.94. The summed E-state index contributed by atoms with van der Waals surface area (Å²) in [6.07, 6.45) is -0.895. The van der Waals surface area contributed by atoms with Gasteiger partial charge < -0.3 is 9.47 Å². The number of ether oxygens (including phenoxy) is 2. The van der Waals surface area contributed by atoms with Gasteiger partial charge in [0.2, 0.25) is 0 Å². The number of fused-ring (bicyclic) bond motifs is 1. The van der Waals surface area contributed by atoms with Crippen LogP contribution in [0.4, 0.5) is 16.2 Å². The number of benzene rings is 2. The van der Waals surface area contributed by atoms with E-state index in [0.29, 0.717) is 4.31 Å². The van der Waals surface area contributed by atoms with Crippen molar-refractivity contribution in [2.75, 3.05) is 22.9 Å². The zero-order valence-electron chi connectivity index (χ0n) is 16.0. The van der Waals surface area contributed by atoms with Gasteiger partial charge in [-0.05, 0) is 38.1 Å². The first-order valence-electron chi connectivity index (χ1n) is 8.73. The second-order valence-electron chi connectivity index (χ2n) is 6.20. The predicted octanol–water partition coefficient (Wildman–Crippen LogP) is 3.44. The molecule has 2 amide bonds. The molecule has 8 nitrogen and oxygen atoms in total. The van der Waals surface area contributed by atoms with Crippen LogP contribution in [0.2, 0.25) is 5.02 Å². The minimum absolute atomic E-state index is 0.0629. The minimum Gasteiger partial charge on any atom is -0.479 e. The average molecular weight is 439 g/mol. The Bertz CT molecular complexity index is 1070. The third kappa shape index (κ3) is 3.75. The van der Waals surface area contributed by atoms with Gasteiger partial charge in [-0.3, -0.25) is 4.90 Å². The zero-order chi connectivity index (χ0) is 21.3. The first-order valence-corrected chi connectivity index (χ1v) is 10.5. The van der Waals surface area contributed by atoms with Crippen molar-refractivity contribution in [3.8, 4) is 5.75 Å². The fourth-order valence-electron chi connectivity index (χ4n) is 2.85. The number of rotatable bonds is 5. The van der Waals surface area contributed by atoms with Crippen LogP contribution in [0, 0.1) is 0 Å². The van der Waals surface area contributed by atoms with Crippen LogP contribution in [0.5, 0.6) is 5.75 Å². The molecule has 0 saturated heterocycles. The number of anilines is 2. The molecule has 1 aliphatic heterocycles. The second kappa shape index (κ2) is 7.92. The van der Waals surface area contributed by atoms with Crippen molar-refractivity contribution in [2.45, 2.75) is 24.8 Å². The summed E-state index contributed by atoms with van der Waals surface area (Å²) in [7, 11) is -2.76. The number of hydrogen-bond donors (Lipinski definition) is 0. The van der Waals surface area contributed by atoms with Gasteiger partial charge in [0.25, 0.3) is 10.0 Å².